The number of hydrogen-bond donors (Lipinski definition) is 1. The Labute approximate surface area is 111 Å². The van der Waals surface area contributed by atoms with E-state index in [9.17, 15) is 0 Å². The second kappa shape index (κ2) is 4.98. The van der Waals surface area contributed by atoms with Crippen LogP contribution in [0.25, 0.3) is 0 Å². The molecule has 0 amide bonds. The van der Waals surface area contributed by atoms with Crippen LogP contribution in [0.1, 0.15) is 35.5 Å². The van der Waals surface area contributed by atoms with Gasteiger partial charge in [-0.1, -0.05) is 12.2 Å². The molecule has 3 nitrogen and oxygen atoms in total. The van der Waals surface area contributed by atoms with Gasteiger partial charge in [-0.05, 0) is 43.4 Å². The Morgan fingerprint density at radius 2 is 1.94 bits per heavy atom. The van der Waals surface area contributed by atoms with Gasteiger partial charge in [-0.2, -0.15) is 0 Å². The standard InChI is InChI=1S/C14H15N3S/c18-14-11-3-1-2-4-12(11)16-13(17-14)9-10-5-7-15-8-6-10/h5-8H,1-4,9H2,(H,16,17,18). The minimum Gasteiger partial charge on any atom is -0.347 e. The minimum absolute atomic E-state index is 0.785. The van der Waals surface area contributed by atoms with E-state index >= 15 is 0 Å². The molecule has 2 aromatic rings. The normalized spacial score (nSPS) is 14.2. The zero-order chi connectivity index (χ0) is 12.4. The van der Waals surface area contributed by atoms with Crippen molar-refractivity contribution in [2.45, 2.75) is 32.1 Å². The number of nitrogens with zero attached hydrogens (tertiary/aromatic N) is 2. The highest BCUT2D eigenvalue weighted by Crippen LogP contribution is 2.20. The van der Waals surface area contributed by atoms with Crippen molar-refractivity contribution in [1.82, 2.24) is 15.0 Å². The number of aryl methyl sites for hydroxylation is 1. The monoisotopic (exact) mass is 257 g/mol. The Bertz CT molecular complexity index is 604. The summed E-state index contributed by atoms with van der Waals surface area (Å²) in [5.41, 5.74) is 3.76. The number of rotatable bonds is 2. The van der Waals surface area contributed by atoms with Gasteiger partial charge >= 0.3 is 0 Å². The zero-order valence-electron chi connectivity index (χ0n) is 10.1. The van der Waals surface area contributed by atoms with Crippen LogP contribution in [0.15, 0.2) is 24.5 Å². The van der Waals surface area contributed by atoms with Crippen LogP contribution in [-0.4, -0.2) is 15.0 Å². The van der Waals surface area contributed by atoms with E-state index in [1.807, 2.05) is 24.5 Å². The summed E-state index contributed by atoms with van der Waals surface area (Å²) in [7, 11) is 0. The van der Waals surface area contributed by atoms with Crippen LogP contribution < -0.4 is 0 Å². The number of aromatic nitrogens is 3. The third-order valence-electron chi connectivity index (χ3n) is 3.38. The summed E-state index contributed by atoms with van der Waals surface area (Å²) in [6.07, 6.45) is 9.06. The highest BCUT2D eigenvalue weighted by atomic mass is 32.1. The molecule has 3 rings (SSSR count). The Kier molecular flexibility index (Phi) is 3.19. The van der Waals surface area contributed by atoms with E-state index in [0.717, 1.165) is 29.7 Å². The molecule has 1 aliphatic rings. The summed E-state index contributed by atoms with van der Waals surface area (Å²) in [6.45, 7) is 0. The third kappa shape index (κ3) is 2.34. The van der Waals surface area contributed by atoms with Crippen molar-refractivity contribution in [2.75, 3.05) is 0 Å². The summed E-state index contributed by atoms with van der Waals surface area (Å²) in [4.78, 5) is 12.0. The summed E-state index contributed by atoms with van der Waals surface area (Å²) in [6, 6.07) is 4.02. The average molecular weight is 257 g/mol. The highest BCUT2D eigenvalue weighted by Gasteiger charge is 2.13. The van der Waals surface area contributed by atoms with Gasteiger partial charge in [-0.25, -0.2) is 4.98 Å². The Hall–Kier alpha value is -1.55. The summed E-state index contributed by atoms with van der Waals surface area (Å²) >= 11 is 5.40. The molecule has 4 heteroatoms. The smallest absolute Gasteiger partial charge is 0.133 e. The van der Waals surface area contributed by atoms with Crippen molar-refractivity contribution in [2.24, 2.45) is 0 Å². The first-order valence-electron chi connectivity index (χ1n) is 6.33. The maximum Gasteiger partial charge on any atom is 0.133 e. The largest absolute Gasteiger partial charge is 0.347 e. The Morgan fingerprint density at radius 1 is 1.17 bits per heavy atom. The lowest BCUT2D eigenvalue weighted by Gasteiger charge is -2.16. The molecule has 0 aromatic carbocycles. The van der Waals surface area contributed by atoms with E-state index in [-0.39, 0.29) is 0 Å². The van der Waals surface area contributed by atoms with E-state index in [1.54, 1.807) is 0 Å². The Morgan fingerprint density at radius 3 is 2.78 bits per heavy atom. The molecular weight excluding hydrogens is 242 g/mol. The molecule has 0 saturated heterocycles. The predicted molar refractivity (Wildman–Crippen MR) is 73.1 cm³/mol. The second-order valence-corrected chi connectivity index (χ2v) is 5.07. The molecule has 0 spiro atoms. The molecule has 2 aromatic heterocycles. The molecule has 0 atom stereocenters. The van der Waals surface area contributed by atoms with Crippen LogP contribution >= 0.6 is 12.2 Å². The van der Waals surface area contributed by atoms with E-state index in [1.165, 1.54) is 29.7 Å². The van der Waals surface area contributed by atoms with Crippen LogP contribution in [0, 0.1) is 4.64 Å². The molecular formula is C14H15N3S. The molecule has 2 heterocycles. The van der Waals surface area contributed by atoms with Gasteiger partial charge in [-0.3, -0.25) is 4.98 Å². The molecule has 0 aliphatic heterocycles. The van der Waals surface area contributed by atoms with Crippen molar-refractivity contribution in [3.63, 3.8) is 0 Å². The highest BCUT2D eigenvalue weighted by molar-refractivity contribution is 7.71. The molecule has 1 N–H and O–H groups in total. The molecule has 1 aliphatic carbocycles. The lowest BCUT2D eigenvalue weighted by Crippen LogP contribution is -2.10. The predicted octanol–water partition coefficient (Wildman–Crippen LogP) is 3.00. The fourth-order valence-electron chi connectivity index (χ4n) is 2.45. The van der Waals surface area contributed by atoms with Crippen molar-refractivity contribution >= 4 is 12.2 Å². The quantitative estimate of drug-likeness (QED) is 0.841. The van der Waals surface area contributed by atoms with E-state index < -0.39 is 0 Å². The van der Waals surface area contributed by atoms with Gasteiger partial charge < -0.3 is 4.98 Å². The van der Waals surface area contributed by atoms with Crippen molar-refractivity contribution in [3.8, 4) is 0 Å². The minimum atomic E-state index is 0.785. The van der Waals surface area contributed by atoms with Gasteiger partial charge in [0.1, 0.15) is 10.5 Å². The summed E-state index contributed by atoms with van der Waals surface area (Å²) in [5.74, 6) is 0.965. The fraction of sp³-hybridized carbons (Fsp3) is 0.357. The topological polar surface area (TPSA) is 41.6 Å². The van der Waals surface area contributed by atoms with Gasteiger partial charge in [0.25, 0.3) is 0 Å². The molecule has 0 radical (unpaired) electrons. The van der Waals surface area contributed by atoms with E-state index in [2.05, 4.69) is 15.0 Å². The molecule has 18 heavy (non-hydrogen) atoms. The van der Waals surface area contributed by atoms with Gasteiger partial charge in [0.2, 0.25) is 0 Å². The van der Waals surface area contributed by atoms with E-state index in [4.69, 9.17) is 12.2 Å². The van der Waals surface area contributed by atoms with Crippen LogP contribution in [0.5, 0.6) is 0 Å². The number of pyridine rings is 1. The zero-order valence-corrected chi connectivity index (χ0v) is 11.0. The van der Waals surface area contributed by atoms with Gasteiger partial charge in [0, 0.05) is 30.1 Å². The number of nitrogens with one attached hydrogen (secondary N) is 1. The van der Waals surface area contributed by atoms with Crippen LogP contribution in [0.2, 0.25) is 0 Å². The first kappa shape index (κ1) is 11.5. The van der Waals surface area contributed by atoms with Gasteiger partial charge in [0.15, 0.2) is 0 Å². The van der Waals surface area contributed by atoms with Gasteiger partial charge in [-0.15, -0.1) is 0 Å². The van der Waals surface area contributed by atoms with E-state index in [0.29, 0.717) is 0 Å². The SMILES string of the molecule is S=c1nc(Cc2ccncc2)[nH]c2c1CCCC2. The summed E-state index contributed by atoms with van der Waals surface area (Å²) in [5, 5.41) is 0. The fourth-order valence-corrected chi connectivity index (χ4v) is 2.78. The summed E-state index contributed by atoms with van der Waals surface area (Å²) < 4.78 is 0.785. The number of hydrogen-bond acceptors (Lipinski definition) is 3. The van der Waals surface area contributed by atoms with Crippen LogP contribution in [0.4, 0.5) is 0 Å². The number of fused-ring (bicyclic) bond motifs is 1. The molecule has 0 fully saturated rings. The number of aromatic amines is 1. The molecule has 0 unspecified atom stereocenters. The van der Waals surface area contributed by atoms with Crippen LogP contribution in [0.3, 0.4) is 0 Å². The number of H-pyrrole nitrogens is 1. The van der Waals surface area contributed by atoms with Crippen molar-refractivity contribution in [1.29, 1.82) is 0 Å². The first-order chi connectivity index (χ1) is 8.83. The molecule has 92 valence electrons. The maximum atomic E-state index is 5.40. The maximum absolute atomic E-state index is 5.40. The molecule has 0 saturated carbocycles. The van der Waals surface area contributed by atoms with Gasteiger partial charge in [0.05, 0.1) is 0 Å². The van der Waals surface area contributed by atoms with Crippen LogP contribution in [-0.2, 0) is 19.3 Å². The average Bonchev–Trinajstić information content (AvgIpc) is 2.40. The van der Waals surface area contributed by atoms with Crippen molar-refractivity contribution < 1.29 is 0 Å². The first-order valence-corrected chi connectivity index (χ1v) is 6.73. The lowest BCUT2D eigenvalue weighted by atomic mass is 9.97. The molecule has 0 bridgehead atoms. The van der Waals surface area contributed by atoms with Crippen molar-refractivity contribution in [3.05, 3.63) is 51.8 Å². The second-order valence-electron chi connectivity index (χ2n) is 4.69. The third-order valence-corrected chi connectivity index (χ3v) is 3.72. The Balaban J connectivity index is 1.94. The lowest BCUT2D eigenvalue weighted by molar-refractivity contribution is 0.653.